The largest absolute Gasteiger partial charge is 0.480 e. The van der Waals surface area contributed by atoms with Gasteiger partial charge < -0.3 is 10.0 Å². The van der Waals surface area contributed by atoms with Crippen LogP contribution in [0.5, 0.6) is 0 Å². The molecule has 1 N–H and O–H groups in total. The SMILES string of the molecule is CCC1CCCN1C(=O)C1(C(=O)O)CCC1. The number of carboxylic acid groups (broad SMARTS) is 1. The second-order valence-corrected chi connectivity index (χ2v) is 4.94. The quantitative estimate of drug-likeness (QED) is 0.743. The van der Waals surface area contributed by atoms with Gasteiger partial charge in [-0.05, 0) is 32.1 Å². The fraction of sp³-hybridized carbons (Fsp3) is 0.833. The van der Waals surface area contributed by atoms with Gasteiger partial charge in [-0.1, -0.05) is 13.3 Å². The van der Waals surface area contributed by atoms with Crippen LogP contribution < -0.4 is 0 Å². The van der Waals surface area contributed by atoms with Gasteiger partial charge in [0.2, 0.25) is 5.91 Å². The maximum absolute atomic E-state index is 12.3. The Labute approximate surface area is 95.6 Å². The Balaban J connectivity index is 2.14. The number of rotatable bonds is 3. The molecule has 0 aromatic heterocycles. The van der Waals surface area contributed by atoms with Crippen LogP contribution in [0.1, 0.15) is 45.4 Å². The molecule has 0 aromatic rings. The first-order valence-corrected chi connectivity index (χ1v) is 6.16. The van der Waals surface area contributed by atoms with Gasteiger partial charge in [0.1, 0.15) is 5.41 Å². The molecule has 2 rings (SSSR count). The molecule has 2 fully saturated rings. The molecular weight excluding hydrogens is 206 g/mol. The van der Waals surface area contributed by atoms with Crippen molar-refractivity contribution >= 4 is 11.9 Å². The van der Waals surface area contributed by atoms with Crippen LogP contribution in [0, 0.1) is 5.41 Å². The number of carbonyl (C=O) groups is 2. The van der Waals surface area contributed by atoms with Crippen LogP contribution in [0.15, 0.2) is 0 Å². The van der Waals surface area contributed by atoms with Crippen molar-refractivity contribution in [3.8, 4) is 0 Å². The van der Waals surface area contributed by atoms with Gasteiger partial charge in [-0.2, -0.15) is 0 Å². The third-order valence-electron chi connectivity index (χ3n) is 4.14. The summed E-state index contributed by atoms with van der Waals surface area (Å²) in [6.45, 7) is 2.80. The average Bonchev–Trinajstić information content (AvgIpc) is 2.62. The van der Waals surface area contributed by atoms with Crippen molar-refractivity contribution in [3.63, 3.8) is 0 Å². The predicted molar refractivity (Wildman–Crippen MR) is 58.9 cm³/mol. The first-order chi connectivity index (χ1) is 7.62. The van der Waals surface area contributed by atoms with Gasteiger partial charge in [-0.25, -0.2) is 0 Å². The molecule has 1 unspecified atom stereocenters. The minimum Gasteiger partial charge on any atom is -0.480 e. The lowest BCUT2D eigenvalue weighted by Crippen LogP contribution is -2.53. The van der Waals surface area contributed by atoms with E-state index in [1.165, 1.54) is 0 Å². The highest BCUT2D eigenvalue weighted by Crippen LogP contribution is 2.44. The molecule has 1 atom stereocenters. The molecule has 1 saturated heterocycles. The zero-order chi connectivity index (χ0) is 11.8. The Kier molecular flexibility index (Phi) is 2.91. The fourth-order valence-electron chi connectivity index (χ4n) is 2.85. The molecule has 16 heavy (non-hydrogen) atoms. The van der Waals surface area contributed by atoms with Crippen LogP contribution in [0.4, 0.5) is 0 Å². The van der Waals surface area contributed by atoms with Crippen molar-refractivity contribution in [2.75, 3.05) is 6.54 Å². The van der Waals surface area contributed by atoms with E-state index in [0.717, 1.165) is 32.2 Å². The molecule has 2 aliphatic rings. The van der Waals surface area contributed by atoms with Crippen LogP contribution in [0.2, 0.25) is 0 Å². The molecule has 0 spiro atoms. The molecule has 90 valence electrons. The summed E-state index contributed by atoms with van der Waals surface area (Å²) in [5.41, 5.74) is -1.07. The highest BCUT2D eigenvalue weighted by molar-refractivity contribution is 6.03. The number of hydrogen-bond donors (Lipinski definition) is 1. The van der Waals surface area contributed by atoms with Crippen molar-refractivity contribution in [1.82, 2.24) is 4.90 Å². The van der Waals surface area contributed by atoms with Gasteiger partial charge in [0.15, 0.2) is 0 Å². The highest BCUT2D eigenvalue weighted by atomic mass is 16.4. The first kappa shape index (κ1) is 11.4. The molecule has 1 amide bonds. The summed E-state index contributed by atoms with van der Waals surface area (Å²) in [5.74, 6) is -1.05. The lowest BCUT2D eigenvalue weighted by Gasteiger charge is -2.40. The van der Waals surface area contributed by atoms with Crippen LogP contribution in [0.3, 0.4) is 0 Å². The zero-order valence-electron chi connectivity index (χ0n) is 9.74. The van der Waals surface area contributed by atoms with Crippen molar-refractivity contribution in [2.24, 2.45) is 5.41 Å². The zero-order valence-corrected chi connectivity index (χ0v) is 9.74. The van der Waals surface area contributed by atoms with Gasteiger partial charge in [0.25, 0.3) is 0 Å². The maximum atomic E-state index is 12.3. The molecule has 0 bridgehead atoms. The summed E-state index contributed by atoms with van der Waals surface area (Å²) < 4.78 is 0. The third-order valence-corrected chi connectivity index (χ3v) is 4.14. The standard InChI is InChI=1S/C12H19NO3/c1-2-9-5-3-8-13(9)10(14)12(11(15)16)6-4-7-12/h9H,2-8H2,1H3,(H,15,16). The van der Waals surface area contributed by atoms with E-state index in [2.05, 4.69) is 6.92 Å². The number of carbonyl (C=O) groups excluding carboxylic acids is 1. The molecule has 0 radical (unpaired) electrons. The third kappa shape index (κ3) is 1.51. The molecule has 4 heteroatoms. The molecular formula is C12H19NO3. The van der Waals surface area contributed by atoms with Crippen LogP contribution in [-0.4, -0.2) is 34.5 Å². The number of nitrogens with zero attached hydrogens (tertiary/aromatic N) is 1. The van der Waals surface area contributed by atoms with Crippen molar-refractivity contribution < 1.29 is 14.7 Å². The normalized spacial score (nSPS) is 27.6. The van der Waals surface area contributed by atoms with E-state index < -0.39 is 11.4 Å². The Morgan fingerprint density at radius 2 is 2.06 bits per heavy atom. The molecule has 1 aliphatic heterocycles. The topological polar surface area (TPSA) is 57.6 Å². The van der Waals surface area contributed by atoms with E-state index >= 15 is 0 Å². The van der Waals surface area contributed by atoms with Gasteiger partial charge in [-0.15, -0.1) is 0 Å². The number of amides is 1. The van der Waals surface area contributed by atoms with Crippen molar-refractivity contribution in [3.05, 3.63) is 0 Å². The summed E-state index contributed by atoms with van der Waals surface area (Å²) in [6, 6.07) is 0.268. The molecule has 4 nitrogen and oxygen atoms in total. The summed E-state index contributed by atoms with van der Waals surface area (Å²) in [7, 11) is 0. The smallest absolute Gasteiger partial charge is 0.319 e. The number of likely N-dealkylation sites (tertiary alicyclic amines) is 1. The maximum Gasteiger partial charge on any atom is 0.319 e. The monoisotopic (exact) mass is 225 g/mol. The van der Waals surface area contributed by atoms with Crippen LogP contribution in [0.25, 0.3) is 0 Å². The first-order valence-electron chi connectivity index (χ1n) is 6.16. The van der Waals surface area contributed by atoms with E-state index in [-0.39, 0.29) is 11.9 Å². The second kappa shape index (κ2) is 4.07. The minimum atomic E-state index is -1.07. The minimum absolute atomic E-state index is 0.129. The Hall–Kier alpha value is -1.06. The lowest BCUT2D eigenvalue weighted by molar-refractivity contribution is -0.167. The number of hydrogen-bond acceptors (Lipinski definition) is 2. The van der Waals surface area contributed by atoms with Gasteiger partial charge >= 0.3 is 5.97 Å². The van der Waals surface area contributed by atoms with Gasteiger partial charge in [0, 0.05) is 12.6 Å². The van der Waals surface area contributed by atoms with Crippen molar-refractivity contribution in [1.29, 1.82) is 0 Å². The molecule has 1 aliphatic carbocycles. The summed E-state index contributed by atoms with van der Waals surface area (Å²) >= 11 is 0. The molecule has 1 heterocycles. The van der Waals surface area contributed by atoms with E-state index in [9.17, 15) is 14.7 Å². The summed E-state index contributed by atoms with van der Waals surface area (Å²) in [6.07, 6.45) is 4.88. The molecule has 1 saturated carbocycles. The lowest BCUT2D eigenvalue weighted by atomic mass is 9.67. The predicted octanol–water partition coefficient (Wildman–Crippen LogP) is 1.64. The Morgan fingerprint density at radius 3 is 2.50 bits per heavy atom. The van der Waals surface area contributed by atoms with Crippen LogP contribution >= 0.6 is 0 Å². The van der Waals surface area contributed by atoms with Gasteiger partial charge in [0.05, 0.1) is 0 Å². The Morgan fingerprint density at radius 1 is 1.38 bits per heavy atom. The van der Waals surface area contributed by atoms with E-state index in [0.29, 0.717) is 12.8 Å². The highest BCUT2D eigenvalue weighted by Gasteiger charge is 2.54. The molecule has 0 aromatic carbocycles. The fourth-order valence-corrected chi connectivity index (χ4v) is 2.85. The van der Waals surface area contributed by atoms with Crippen molar-refractivity contribution in [2.45, 2.75) is 51.5 Å². The summed E-state index contributed by atoms with van der Waals surface area (Å²) in [5, 5.41) is 9.23. The van der Waals surface area contributed by atoms with Crippen LogP contribution in [-0.2, 0) is 9.59 Å². The van der Waals surface area contributed by atoms with Gasteiger partial charge in [-0.3, -0.25) is 9.59 Å². The average molecular weight is 225 g/mol. The Bertz CT molecular complexity index is 309. The van der Waals surface area contributed by atoms with E-state index in [4.69, 9.17) is 0 Å². The summed E-state index contributed by atoms with van der Waals surface area (Å²) in [4.78, 5) is 25.4. The number of aliphatic carboxylic acids is 1. The second-order valence-electron chi connectivity index (χ2n) is 4.94. The van der Waals surface area contributed by atoms with E-state index in [1.54, 1.807) is 0 Å². The number of carboxylic acids is 1. The van der Waals surface area contributed by atoms with E-state index in [1.807, 2.05) is 4.90 Å².